The van der Waals surface area contributed by atoms with Gasteiger partial charge in [-0.1, -0.05) is 13.0 Å². The molecule has 1 atom stereocenters. The molecule has 0 spiro atoms. The van der Waals surface area contributed by atoms with Crippen LogP contribution in [0.4, 0.5) is 0 Å². The number of rotatable bonds is 13. The smallest absolute Gasteiger partial charge is 0.252 e. The van der Waals surface area contributed by atoms with Crippen LogP contribution < -0.4 is 15.0 Å². The summed E-state index contributed by atoms with van der Waals surface area (Å²) < 4.78 is 18.0. The Morgan fingerprint density at radius 1 is 1.03 bits per heavy atom. The lowest BCUT2D eigenvalue weighted by Crippen LogP contribution is -2.34. The molecule has 10 heteroatoms. The van der Waals surface area contributed by atoms with Gasteiger partial charge in [0.1, 0.15) is 0 Å². The molecular formula is C29H38N6O4. The number of aryl methyl sites for hydroxylation is 2. The van der Waals surface area contributed by atoms with Crippen molar-refractivity contribution < 1.29 is 14.2 Å². The number of methoxy groups -OCH3 is 3. The second-order valence-electron chi connectivity index (χ2n) is 9.73. The van der Waals surface area contributed by atoms with E-state index in [9.17, 15) is 4.79 Å². The fourth-order valence-corrected chi connectivity index (χ4v) is 4.90. The lowest BCUT2D eigenvalue weighted by Gasteiger charge is -2.30. The van der Waals surface area contributed by atoms with Crippen molar-refractivity contribution in [1.82, 2.24) is 30.1 Å². The van der Waals surface area contributed by atoms with Crippen molar-refractivity contribution in [2.45, 2.75) is 52.7 Å². The maximum atomic E-state index is 13.2. The molecule has 0 aliphatic heterocycles. The Labute approximate surface area is 228 Å². The number of aromatic nitrogens is 5. The summed E-state index contributed by atoms with van der Waals surface area (Å²) in [6.07, 6.45) is 1.50. The molecule has 10 nitrogen and oxygen atoms in total. The highest BCUT2D eigenvalue weighted by Crippen LogP contribution is 2.29. The third-order valence-corrected chi connectivity index (χ3v) is 7.24. The molecule has 0 radical (unpaired) electrons. The van der Waals surface area contributed by atoms with Crippen molar-refractivity contribution in [3.05, 3.63) is 74.8 Å². The van der Waals surface area contributed by atoms with E-state index in [0.29, 0.717) is 43.3 Å². The topological polar surface area (TPSA) is 107 Å². The molecule has 0 amide bonds. The first-order valence-electron chi connectivity index (χ1n) is 13.2. The number of H-pyrrole nitrogens is 1. The highest BCUT2D eigenvalue weighted by atomic mass is 16.5. The summed E-state index contributed by atoms with van der Waals surface area (Å²) in [5.41, 5.74) is 4.90. The van der Waals surface area contributed by atoms with Crippen LogP contribution in [0.15, 0.2) is 41.2 Å². The Hall–Kier alpha value is -3.76. The molecule has 39 heavy (non-hydrogen) atoms. The summed E-state index contributed by atoms with van der Waals surface area (Å²) >= 11 is 0. The summed E-state index contributed by atoms with van der Waals surface area (Å²) in [6.45, 7) is 8.42. The maximum Gasteiger partial charge on any atom is 0.252 e. The monoisotopic (exact) mass is 534 g/mol. The van der Waals surface area contributed by atoms with Crippen LogP contribution in [0.1, 0.15) is 47.5 Å². The molecule has 0 aliphatic carbocycles. The lowest BCUT2D eigenvalue weighted by atomic mass is 10.0. The van der Waals surface area contributed by atoms with Crippen LogP contribution in [-0.2, 0) is 24.2 Å². The number of nitrogens with one attached hydrogen (secondary N) is 1. The van der Waals surface area contributed by atoms with Crippen LogP contribution in [-0.4, -0.2) is 64.6 Å². The van der Waals surface area contributed by atoms with Gasteiger partial charge in [-0.2, -0.15) is 0 Å². The van der Waals surface area contributed by atoms with E-state index in [4.69, 9.17) is 14.2 Å². The zero-order valence-corrected chi connectivity index (χ0v) is 23.7. The fraction of sp³-hybridized carbons (Fsp3) is 0.448. The molecule has 0 saturated carbocycles. The van der Waals surface area contributed by atoms with E-state index in [1.807, 2.05) is 30.3 Å². The van der Waals surface area contributed by atoms with Crippen LogP contribution in [0.3, 0.4) is 0 Å². The third kappa shape index (κ3) is 6.46. The molecule has 0 fully saturated rings. The Morgan fingerprint density at radius 3 is 2.51 bits per heavy atom. The first-order chi connectivity index (χ1) is 18.9. The van der Waals surface area contributed by atoms with E-state index < -0.39 is 0 Å². The number of hydrogen-bond acceptors (Lipinski definition) is 8. The normalized spacial score (nSPS) is 12.3. The van der Waals surface area contributed by atoms with Gasteiger partial charge < -0.3 is 19.2 Å². The van der Waals surface area contributed by atoms with E-state index in [1.54, 1.807) is 26.0 Å². The Balaban J connectivity index is 1.69. The zero-order valence-electron chi connectivity index (χ0n) is 23.7. The molecule has 2 aromatic carbocycles. The van der Waals surface area contributed by atoms with E-state index >= 15 is 0 Å². The molecule has 2 aromatic heterocycles. The van der Waals surface area contributed by atoms with Crippen LogP contribution in [0.2, 0.25) is 0 Å². The largest absolute Gasteiger partial charge is 0.493 e. The summed E-state index contributed by atoms with van der Waals surface area (Å²) in [4.78, 5) is 18.6. The minimum atomic E-state index is -0.105. The predicted molar refractivity (Wildman–Crippen MR) is 150 cm³/mol. The van der Waals surface area contributed by atoms with Gasteiger partial charge >= 0.3 is 0 Å². The summed E-state index contributed by atoms with van der Waals surface area (Å²) in [5, 5.41) is 13.6. The van der Waals surface area contributed by atoms with E-state index in [1.165, 1.54) is 5.56 Å². The van der Waals surface area contributed by atoms with E-state index in [0.717, 1.165) is 40.7 Å². The molecule has 4 aromatic rings. The number of pyridine rings is 1. The first-order valence-corrected chi connectivity index (χ1v) is 13.2. The van der Waals surface area contributed by atoms with Crippen molar-refractivity contribution >= 4 is 10.9 Å². The van der Waals surface area contributed by atoms with Crippen LogP contribution in [0.25, 0.3) is 10.9 Å². The van der Waals surface area contributed by atoms with Gasteiger partial charge in [-0.15, -0.1) is 5.10 Å². The molecule has 0 bridgehead atoms. The van der Waals surface area contributed by atoms with Gasteiger partial charge in [0.05, 0.1) is 33.4 Å². The van der Waals surface area contributed by atoms with Gasteiger partial charge in [0.2, 0.25) is 0 Å². The van der Waals surface area contributed by atoms with Gasteiger partial charge in [-0.25, -0.2) is 4.68 Å². The number of nitrogens with zero attached hydrogens (tertiary/aromatic N) is 5. The summed E-state index contributed by atoms with van der Waals surface area (Å²) in [5.74, 6) is 2.13. The van der Waals surface area contributed by atoms with Gasteiger partial charge in [-0.05, 0) is 89.5 Å². The highest BCUT2D eigenvalue weighted by Gasteiger charge is 2.26. The van der Waals surface area contributed by atoms with E-state index in [2.05, 4.69) is 52.2 Å². The molecule has 1 N–H and O–H groups in total. The van der Waals surface area contributed by atoms with Crippen molar-refractivity contribution in [2.75, 3.05) is 34.5 Å². The van der Waals surface area contributed by atoms with Crippen molar-refractivity contribution in [3.63, 3.8) is 0 Å². The van der Waals surface area contributed by atoms with Gasteiger partial charge in [-0.3, -0.25) is 9.69 Å². The van der Waals surface area contributed by atoms with Crippen molar-refractivity contribution in [1.29, 1.82) is 0 Å². The van der Waals surface area contributed by atoms with Crippen molar-refractivity contribution in [3.8, 4) is 11.5 Å². The average molecular weight is 535 g/mol. The molecule has 0 saturated heterocycles. The fourth-order valence-electron chi connectivity index (χ4n) is 4.90. The quantitative estimate of drug-likeness (QED) is 0.274. The van der Waals surface area contributed by atoms with Gasteiger partial charge in [0, 0.05) is 31.3 Å². The number of hydrogen-bond donors (Lipinski definition) is 1. The second-order valence-corrected chi connectivity index (χ2v) is 9.73. The number of ether oxygens (including phenoxy) is 3. The summed E-state index contributed by atoms with van der Waals surface area (Å²) in [6, 6.07) is 12.0. The third-order valence-electron chi connectivity index (χ3n) is 7.24. The van der Waals surface area contributed by atoms with Gasteiger partial charge in [0.15, 0.2) is 17.3 Å². The number of aromatic amines is 1. The standard InChI is InChI=1S/C29H38N6O4/c1-7-25(28-31-32-33-35(28)12-13-37-4)34(11-10-21-8-9-26(38-5)27(16-21)39-6)18-23-17-22-14-19(2)20(3)15-24(22)30-29(23)36/h8-9,14-17,25H,7,10-13,18H2,1-6H3,(H,30,36)/t25-/m0/s1. The van der Waals surface area contributed by atoms with Crippen LogP contribution in [0.5, 0.6) is 11.5 Å². The molecule has 208 valence electrons. The number of fused-ring (bicyclic) bond motifs is 1. The molecule has 2 heterocycles. The van der Waals surface area contributed by atoms with E-state index in [-0.39, 0.29) is 11.6 Å². The molecular weight excluding hydrogens is 496 g/mol. The second kappa shape index (κ2) is 12.9. The SMILES string of the molecule is CC[C@@H](c1nnnn1CCOC)N(CCc1ccc(OC)c(OC)c1)Cc1cc2cc(C)c(C)cc2[nH]c1=O. The highest BCUT2D eigenvalue weighted by molar-refractivity contribution is 5.80. The molecule has 0 aliphatic rings. The number of tetrazole rings is 1. The molecule has 0 unspecified atom stereocenters. The van der Waals surface area contributed by atoms with Crippen LogP contribution >= 0.6 is 0 Å². The van der Waals surface area contributed by atoms with Crippen LogP contribution in [0, 0.1) is 13.8 Å². The predicted octanol–water partition coefficient (Wildman–Crippen LogP) is 3.99. The van der Waals surface area contributed by atoms with Gasteiger partial charge in [0.25, 0.3) is 5.56 Å². The molecule has 4 rings (SSSR count). The summed E-state index contributed by atoms with van der Waals surface area (Å²) in [7, 11) is 4.92. The Kier molecular flexibility index (Phi) is 9.32. The lowest BCUT2D eigenvalue weighted by molar-refractivity contribution is 0.158. The average Bonchev–Trinajstić information content (AvgIpc) is 3.40. The number of benzene rings is 2. The minimum Gasteiger partial charge on any atom is -0.493 e. The van der Waals surface area contributed by atoms with Crippen molar-refractivity contribution in [2.24, 2.45) is 0 Å². The Morgan fingerprint density at radius 2 is 1.79 bits per heavy atom. The Bertz CT molecular complexity index is 1460. The zero-order chi connectivity index (χ0) is 27.9. The first kappa shape index (κ1) is 28.3. The minimum absolute atomic E-state index is 0.0873. The maximum absolute atomic E-state index is 13.2.